The van der Waals surface area contributed by atoms with Crippen molar-refractivity contribution >= 4 is 16.6 Å². The minimum absolute atomic E-state index is 0.374. The molecule has 21 heavy (non-hydrogen) atoms. The molecule has 0 saturated carbocycles. The van der Waals surface area contributed by atoms with E-state index < -0.39 is 51.2 Å². The Hall–Kier alpha value is -2.02. The van der Waals surface area contributed by atoms with Crippen molar-refractivity contribution in [1.82, 2.24) is 0 Å². The van der Waals surface area contributed by atoms with Crippen LogP contribution in [0.2, 0.25) is 0 Å². The number of rotatable bonds is 4. The fourth-order valence-corrected chi connectivity index (χ4v) is 2.69. The topological polar surface area (TPSA) is 34.1 Å². The Balaban J connectivity index is 2.23. The van der Waals surface area contributed by atoms with Gasteiger partial charge in [-0.2, -0.15) is 0 Å². The first-order valence-electron chi connectivity index (χ1n) is 5.70. The Labute approximate surface area is 119 Å². The van der Waals surface area contributed by atoms with Gasteiger partial charge in [0.2, 0.25) is 0 Å². The van der Waals surface area contributed by atoms with Crippen LogP contribution in [-0.4, -0.2) is 15.7 Å². The maximum absolute atomic E-state index is 13.4. The minimum atomic E-state index is -2.13. The molecule has 1 atom stereocenters. The molecule has 0 aliphatic rings. The quantitative estimate of drug-likeness (QED) is 0.641. The van der Waals surface area contributed by atoms with Crippen molar-refractivity contribution in [1.29, 1.82) is 0 Å². The van der Waals surface area contributed by atoms with Crippen LogP contribution in [0.1, 0.15) is 10.4 Å². The molecule has 0 heterocycles. The molecule has 2 rings (SSSR count). The van der Waals surface area contributed by atoms with Gasteiger partial charge in [0.1, 0.15) is 23.3 Å². The van der Waals surface area contributed by atoms with Crippen molar-refractivity contribution in [2.24, 2.45) is 0 Å². The number of ketones is 1. The zero-order valence-electron chi connectivity index (χ0n) is 10.4. The van der Waals surface area contributed by atoms with Gasteiger partial charge in [-0.05, 0) is 30.3 Å². The van der Waals surface area contributed by atoms with E-state index in [0.717, 1.165) is 24.3 Å². The van der Waals surface area contributed by atoms with Crippen LogP contribution in [-0.2, 0) is 10.8 Å². The van der Waals surface area contributed by atoms with Crippen LogP contribution < -0.4 is 0 Å². The van der Waals surface area contributed by atoms with Gasteiger partial charge in [0, 0.05) is 6.07 Å². The normalized spacial score (nSPS) is 12.2. The molecule has 0 aliphatic heterocycles. The number of halogens is 4. The predicted molar refractivity (Wildman–Crippen MR) is 68.3 cm³/mol. The van der Waals surface area contributed by atoms with Crippen LogP contribution in [0.15, 0.2) is 41.3 Å². The summed E-state index contributed by atoms with van der Waals surface area (Å²) in [5, 5.41) is 0. The molecule has 2 nitrogen and oxygen atoms in total. The van der Waals surface area contributed by atoms with Crippen molar-refractivity contribution in [2.75, 3.05) is 5.75 Å². The van der Waals surface area contributed by atoms with Crippen LogP contribution in [0.5, 0.6) is 0 Å². The molecule has 0 bridgehead atoms. The van der Waals surface area contributed by atoms with Crippen LogP contribution in [0, 0.1) is 23.3 Å². The third-order valence-electron chi connectivity index (χ3n) is 2.63. The smallest absolute Gasteiger partial charge is 0.178 e. The van der Waals surface area contributed by atoms with Crippen LogP contribution in [0.4, 0.5) is 17.6 Å². The fraction of sp³-hybridized carbons (Fsp3) is 0.0714. The summed E-state index contributed by atoms with van der Waals surface area (Å²) < 4.78 is 64.4. The predicted octanol–water partition coefficient (Wildman–Crippen LogP) is 3.23. The van der Waals surface area contributed by atoms with Crippen LogP contribution in [0.3, 0.4) is 0 Å². The van der Waals surface area contributed by atoms with E-state index >= 15 is 0 Å². The van der Waals surface area contributed by atoms with E-state index in [4.69, 9.17) is 0 Å². The molecule has 0 spiro atoms. The summed E-state index contributed by atoms with van der Waals surface area (Å²) in [6.45, 7) is 0. The average molecular weight is 316 g/mol. The second-order valence-corrected chi connectivity index (χ2v) is 5.53. The van der Waals surface area contributed by atoms with Crippen LogP contribution in [0.25, 0.3) is 0 Å². The maximum atomic E-state index is 13.4. The number of carbonyl (C=O) groups excluding carboxylic acids is 1. The molecule has 0 amide bonds. The van der Waals surface area contributed by atoms with Crippen molar-refractivity contribution in [3.63, 3.8) is 0 Å². The first-order valence-corrected chi connectivity index (χ1v) is 7.02. The standard InChI is InChI=1S/C14H8F4O2S/c15-8-1-3-11(17)10(5-8)13(19)7-21(20)14-4-2-9(16)6-12(14)18/h1-6H,7H2. The lowest BCUT2D eigenvalue weighted by Gasteiger charge is -2.05. The summed E-state index contributed by atoms with van der Waals surface area (Å²) >= 11 is 0. The molecule has 0 radical (unpaired) electrons. The van der Waals surface area contributed by atoms with Gasteiger partial charge in [-0.3, -0.25) is 9.00 Å². The molecule has 7 heteroatoms. The summed E-state index contributed by atoms with van der Waals surface area (Å²) in [4.78, 5) is 11.4. The molecule has 2 aromatic carbocycles. The Kier molecular flexibility index (Phi) is 4.52. The van der Waals surface area contributed by atoms with Gasteiger partial charge < -0.3 is 0 Å². The fourth-order valence-electron chi connectivity index (χ4n) is 1.65. The third kappa shape index (κ3) is 3.55. The first kappa shape index (κ1) is 15.4. The number of hydrogen-bond donors (Lipinski definition) is 0. The SMILES string of the molecule is O=C(CS(=O)c1ccc(F)cc1F)c1cc(F)ccc1F. The Morgan fingerprint density at radius 2 is 1.52 bits per heavy atom. The lowest BCUT2D eigenvalue weighted by molar-refractivity contribution is 0.101. The lowest BCUT2D eigenvalue weighted by atomic mass is 10.1. The highest BCUT2D eigenvalue weighted by atomic mass is 32.2. The zero-order chi connectivity index (χ0) is 15.6. The molecule has 0 N–H and O–H groups in total. The van der Waals surface area contributed by atoms with Gasteiger partial charge in [0.15, 0.2) is 5.78 Å². The van der Waals surface area contributed by atoms with Crippen molar-refractivity contribution in [3.8, 4) is 0 Å². The van der Waals surface area contributed by atoms with Gasteiger partial charge >= 0.3 is 0 Å². The van der Waals surface area contributed by atoms with E-state index in [9.17, 15) is 26.6 Å². The Bertz CT molecular complexity index is 731. The number of benzene rings is 2. The van der Waals surface area contributed by atoms with Gasteiger partial charge in [0.05, 0.1) is 27.0 Å². The Morgan fingerprint density at radius 1 is 0.905 bits per heavy atom. The molecule has 110 valence electrons. The highest BCUT2D eigenvalue weighted by Crippen LogP contribution is 2.16. The van der Waals surface area contributed by atoms with Gasteiger partial charge in [0.25, 0.3) is 0 Å². The summed E-state index contributed by atoms with van der Waals surface area (Å²) in [5.74, 6) is -5.37. The number of carbonyl (C=O) groups is 1. The zero-order valence-corrected chi connectivity index (χ0v) is 11.2. The van der Waals surface area contributed by atoms with Crippen molar-refractivity contribution in [3.05, 3.63) is 65.2 Å². The molecular weight excluding hydrogens is 308 g/mol. The van der Waals surface area contributed by atoms with E-state index in [-0.39, 0.29) is 4.90 Å². The van der Waals surface area contributed by atoms with Crippen LogP contribution >= 0.6 is 0 Å². The number of Topliss-reactive ketones (excluding diaryl/α,β-unsaturated/α-hetero) is 1. The average Bonchev–Trinajstić information content (AvgIpc) is 2.41. The summed E-state index contributed by atoms with van der Waals surface area (Å²) in [6, 6.07) is 4.64. The lowest BCUT2D eigenvalue weighted by Crippen LogP contribution is -2.14. The highest BCUT2D eigenvalue weighted by Gasteiger charge is 2.19. The van der Waals surface area contributed by atoms with Crippen molar-refractivity contribution in [2.45, 2.75) is 4.90 Å². The molecule has 0 fully saturated rings. The van der Waals surface area contributed by atoms with E-state index in [1.54, 1.807) is 0 Å². The van der Waals surface area contributed by atoms with Gasteiger partial charge in [-0.15, -0.1) is 0 Å². The summed E-state index contributed by atoms with van der Waals surface area (Å²) in [6.07, 6.45) is 0. The minimum Gasteiger partial charge on any atom is -0.293 e. The Morgan fingerprint density at radius 3 is 2.19 bits per heavy atom. The van der Waals surface area contributed by atoms with Gasteiger partial charge in [-0.1, -0.05) is 0 Å². The third-order valence-corrected chi connectivity index (χ3v) is 3.98. The van der Waals surface area contributed by atoms with E-state index in [1.165, 1.54) is 0 Å². The second kappa shape index (κ2) is 6.17. The first-order chi connectivity index (χ1) is 9.88. The molecule has 1 unspecified atom stereocenters. The largest absolute Gasteiger partial charge is 0.293 e. The summed E-state index contributed by atoms with van der Waals surface area (Å²) in [5.41, 5.74) is -0.564. The van der Waals surface area contributed by atoms with E-state index in [2.05, 4.69) is 0 Å². The second-order valence-electron chi connectivity index (χ2n) is 4.11. The molecule has 2 aromatic rings. The molecule has 0 aromatic heterocycles. The highest BCUT2D eigenvalue weighted by molar-refractivity contribution is 7.85. The molecule has 0 saturated heterocycles. The maximum Gasteiger partial charge on any atom is 0.178 e. The molecule has 0 aliphatic carbocycles. The van der Waals surface area contributed by atoms with E-state index in [1.807, 2.05) is 0 Å². The van der Waals surface area contributed by atoms with Gasteiger partial charge in [-0.25, -0.2) is 17.6 Å². The monoisotopic (exact) mass is 316 g/mol. The van der Waals surface area contributed by atoms with Crippen molar-refractivity contribution < 1.29 is 26.6 Å². The summed E-state index contributed by atoms with van der Waals surface area (Å²) in [7, 11) is -2.13. The number of hydrogen-bond acceptors (Lipinski definition) is 2. The molecular formula is C14H8F4O2S. The van der Waals surface area contributed by atoms with E-state index in [0.29, 0.717) is 12.1 Å².